The standard InChI is InChI=1S/C10H17BrN4O4S/c1-2-3-4-14-20(17,18)15-9-8(11)10(13-7-12-9)19-6-5-16/h7,14,16H,2-6H2,1H3,(H,12,13,15). The van der Waals surface area contributed by atoms with E-state index in [1.807, 2.05) is 6.92 Å². The average Bonchev–Trinajstić information content (AvgIpc) is 2.40. The van der Waals surface area contributed by atoms with E-state index in [4.69, 9.17) is 9.84 Å². The number of nitrogens with one attached hydrogen (secondary N) is 2. The lowest BCUT2D eigenvalue weighted by atomic mass is 10.3. The summed E-state index contributed by atoms with van der Waals surface area (Å²) in [6.07, 6.45) is 2.80. The van der Waals surface area contributed by atoms with Crippen LogP contribution in [0.3, 0.4) is 0 Å². The summed E-state index contributed by atoms with van der Waals surface area (Å²) in [6, 6.07) is 0. The highest BCUT2D eigenvalue weighted by atomic mass is 79.9. The van der Waals surface area contributed by atoms with E-state index in [1.54, 1.807) is 0 Å². The van der Waals surface area contributed by atoms with Gasteiger partial charge >= 0.3 is 0 Å². The molecular formula is C10H17BrN4O4S. The maximum absolute atomic E-state index is 11.8. The van der Waals surface area contributed by atoms with Gasteiger partial charge in [-0.05, 0) is 22.4 Å². The number of hydrogen-bond donors (Lipinski definition) is 3. The Bertz CT molecular complexity index is 526. The predicted molar refractivity (Wildman–Crippen MR) is 77.8 cm³/mol. The minimum Gasteiger partial charge on any atom is -0.474 e. The van der Waals surface area contributed by atoms with Gasteiger partial charge in [0.05, 0.1) is 6.61 Å². The van der Waals surface area contributed by atoms with E-state index < -0.39 is 10.2 Å². The fourth-order valence-electron chi connectivity index (χ4n) is 1.21. The smallest absolute Gasteiger partial charge is 0.300 e. The molecular weight excluding hydrogens is 352 g/mol. The first kappa shape index (κ1) is 17.1. The summed E-state index contributed by atoms with van der Waals surface area (Å²) in [5.74, 6) is 0.220. The number of aromatic nitrogens is 2. The average molecular weight is 369 g/mol. The number of unbranched alkanes of at least 4 members (excludes halogenated alkanes) is 1. The number of rotatable bonds is 9. The fourth-order valence-corrected chi connectivity index (χ4v) is 2.66. The molecule has 0 radical (unpaired) electrons. The molecule has 10 heteroatoms. The molecule has 0 fully saturated rings. The summed E-state index contributed by atoms with van der Waals surface area (Å²) in [5.41, 5.74) is 0. The zero-order valence-corrected chi connectivity index (χ0v) is 13.4. The highest BCUT2D eigenvalue weighted by molar-refractivity contribution is 9.10. The SMILES string of the molecule is CCCCNS(=O)(=O)Nc1ncnc(OCCO)c1Br. The van der Waals surface area contributed by atoms with Crippen molar-refractivity contribution in [2.24, 2.45) is 0 Å². The van der Waals surface area contributed by atoms with Crippen LogP contribution in [-0.4, -0.2) is 43.3 Å². The second-order valence-corrected chi connectivity index (χ2v) is 6.06. The molecule has 0 spiro atoms. The van der Waals surface area contributed by atoms with Crippen LogP contribution in [0, 0.1) is 0 Å². The van der Waals surface area contributed by atoms with Gasteiger partial charge in [0.25, 0.3) is 10.2 Å². The molecule has 20 heavy (non-hydrogen) atoms. The molecule has 114 valence electrons. The lowest BCUT2D eigenvalue weighted by molar-refractivity contribution is 0.196. The van der Waals surface area contributed by atoms with Crippen molar-refractivity contribution in [3.8, 4) is 5.88 Å². The number of aliphatic hydroxyl groups is 1. The quantitative estimate of drug-likeness (QED) is 0.551. The Hall–Kier alpha value is -0.970. The molecule has 0 aromatic carbocycles. The van der Waals surface area contributed by atoms with Gasteiger partial charge in [0.1, 0.15) is 17.4 Å². The van der Waals surface area contributed by atoms with E-state index >= 15 is 0 Å². The molecule has 1 heterocycles. The number of hydrogen-bond acceptors (Lipinski definition) is 6. The first-order valence-electron chi connectivity index (χ1n) is 6.01. The number of ether oxygens (including phenoxy) is 1. The Morgan fingerprint density at radius 2 is 2.20 bits per heavy atom. The van der Waals surface area contributed by atoms with Gasteiger partial charge in [-0.15, -0.1) is 0 Å². The Morgan fingerprint density at radius 3 is 2.85 bits per heavy atom. The Balaban J connectivity index is 2.76. The fraction of sp³-hybridized carbons (Fsp3) is 0.600. The Morgan fingerprint density at radius 1 is 1.45 bits per heavy atom. The zero-order chi connectivity index (χ0) is 15.0. The third-order valence-electron chi connectivity index (χ3n) is 2.14. The molecule has 0 unspecified atom stereocenters. The number of halogens is 1. The molecule has 1 aromatic rings. The third kappa shape index (κ3) is 5.57. The first-order chi connectivity index (χ1) is 9.50. The van der Waals surface area contributed by atoms with Crippen molar-refractivity contribution in [3.63, 3.8) is 0 Å². The summed E-state index contributed by atoms with van der Waals surface area (Å²) in [5, 5.41) is 8.69. The van der Waals surface area contributed by atoms with Gasteiger partial charge in [0.15, 0.2) is 5.82 Å². The lowest BCUT2D eigenvalue weighted by Crippen LogP contribution is -2.31. The van der Waals surface area contributed by atoms with Crippen LogP contribution in [0.15, 0.2) is 10.8 Å². The highest BCUT2D eigenvalue weighted by Gasteiger charge is 2.16. The van der Waals surface area contributed by atoms with Crippen LogP contribution < -0.4 is 14.2 Å². The van der Waals surface area contributed by atoms with Crippen molar-refractivity contribution in [3.05, 3.63) is 10.8 Å². The molecule has 0 aliphatic rings. The third-order valence-corrected chi connectivity index (χ3v) is 3.90. The van der Waals surface area contributed by atoms with Gasteiger partial charge in [-0.3, -0.25) is 4.72 Å². The lowest BCUT2D eigenvalue weighted by Gasteiger charge is -2.11. The van der Waals surface area contributed by atoms with Crippen molar-refractivity contribution >= 4 is 32.0 Å². The number of aliphatic hydroxyl groups excluding tert-OH is 1. The number of anilines is 1. The van der Waals surface area contributed by atoms with Crippen molar-refractivity contribution in [1.82, 2.24) is 14.7 Å². The van der Waals surface area contributed by atoms with E-state index in [0.717, 1.165) is 12.8 Å². The summed E-state index contributed by atoms with van der Waals surface area (Å²) in [4.78, 5) is 7.67. The Kier molecular flexibility index (Phi) is 7.13. The molecule has 8 nitrogen and oxygen atoms in total. The molecule has 0 atom stereocenters. The first-order valence-corrected chi connectivity index (χ1v) is 8.29. The minimum absolute atomic E-state index is 0.0521. The summed E-state index contributed by atoms with van der Waals surface area (Å²) >= 11 is 3.16. The maximum atomic E-state index is 11.8. The molecule has 1 aromatic heterocycles. The Labute approximate surface area is 126 Å². The van der Waals surface area contributed by atoms with Crippen LogP contribution in [0.2, 0.25) is 0 Å². The summed E-state index contributed by atoms with van der Waals surface area (Å²) in [7, 11) is -3.69. The normalized spacial score (nSPS) is 11.3. The number of nitrogens with zero attached hydrogens (tertiary/aromatic N) is 2. The molecule has 3 N–H and O–H groups in total. The van der Waals surface area contributed by atoms with E-state index in [9.17, 15) is 8.42 Å². The minimum atomic E-state index is -3.69. The molecule has 0 saturated heterocycles. The van der Waals surface area contributed by atoms with E-state index in [2.05, 4.69) is 35.3 Å². The van der Waals surface area contributed by atoms with Crippen molar-refractivity contribution < 1.29 is 18.3 Å². The van der Waals surface area contributed by atoms with Crippen molar-refractivity contribution in [1.29, 1.82) is 0 Å². The second kappa shape index (κ2) is 8.35. The molecule has 1 rings (SSSR count). The van der Waals surface area contributed by atoms with Crippen LogP contribution in [0.25, 0.3) is 0 Å². The molecule has 0 saturated carbocycles. The highest BCUT2D eigenvalue weighted by Crippen LogP contribution is 2.28. The van der Waals surface area contributed by atoms with E-state index in [0.29, 0.717) is 6.54 Å². The zero-order valence-electron chi connectivity index (χ0n) is 11.0. The largest absolute Gasteiger partial charge is 0.474 e. The topological polar surface area (TPSA) is 113 Å². The maximum Gasteiger partial charge on any atom is 0.300 e. The van der Waals surface area contributed by atoms with Gasteiger partial charge < -0.3 is 9.84 Å². The second-order valence-electron chi connectivity index (χ2n) is 3.77. The molecule has 0 bridgehead atoms. The van der Waals surface area contributed by atoms with Crippen LogP contribution in [-0.2, 0) is 10.2 Å². The molecule has 0 aliphatic carbocycles. The van der Waals surface area contributed by atoms with Crippen LogP contribution in [0.4, 0.5) is 5.82 Å². The van der Waals surface area contributed by atoms with Gasteiger partial charge in [0, 0.05) is 6.54 Å². The summed E-state index contributed by atoms with van der Waals surface area (Å²) < 4.78 is 33.6. The van der Waals surface area contributed by atoms with Gasteiger partial charge in [-0.25, -0.2) is 9.97 Å². The molecule has 0 amide bonds. The van der Waals surface area contributed by atoms with E-state index in [1.165, 1.54) is 6.33 Å². The van der Waals surface area contributed by atoms with Gasteiger partial charge in [-0.1, -0.05) is 13.3 Å². The predicted octanol–water partition coefficient (Wildman–Crippen LogP) is 0.657. The van der Waals surface area contributed by atoms with Gasteiger partial charge in [0.2, 0.25) is 5.88 Å². The van der Waals surface area contributed by atoms with Crippen LogP contribution >= 0.6 is 15.9 Å². The van der Waals surface area contributed by atoms with Crippen LogP contribution in [0.5, 0.6) is 5.88 Å². The summed E-state index contributed by atoms with van der Waals surface area (Å²) in [6.45, 7) is 2.20. The molecule has 0 aliphatic heterocycles. The van der Waals surface area contributed by atoms with Crippen molar-refractivity contribution in [2.75, 3.05) is 24.5 Å². The van der Waals surface area contributed by atoms with Crippen molar-refractivity contribution in [2.45, 2.75) is 19.8 Å². The van der Waals surface area contributed by atoms with E-state index in [-0.39, 0.29) is 29.4 Å². The van der Waals surface area contributed by atoms with Crippen LogP contribution in [0.1, 0.15) is 19.8 Å². The van der Waals surface area contributed by atoms with Gasteiger partial charge in [-0.2, -0.15) is 13.1 Å². The monoisotopic (exact) mass is 368 g/mol.